The zero-order valence-electron chi connectivity index (χ0n) is 8.42. The first-order valence-electron chi connectivity index (χ1n) is 4.12. The van der Waals surface area contributed by atoms with Gasteiger partial charge in [0.2, 0.25) is 0 Å². The fraction of sp³-hybridized carbons (Fsp3) is 0.556. The Bertz CT molecular complexity index is 329. The molecule has 0 spiro atoms. The zero-order chi connectivity index (χ0) is 10.0. The van der Waals surface area contributed by atoms with Crippen LogP contribution < -0.4 is 0 Å². The van der Waals surface area contributed by atoms with Crippen LogP contribution in [0, 0.1) is 13.8 Å². The number of nitrogens with zero attached hydrogens (tertiary/aromatic N) is 2. The molecule has 0 atom stereocenters. The van der Waals surface area contributed by atoms with E-state index in [1.165, 1.54) is 7.11 Å². The largest absolute Gasteiger partial charge is 0.469 e. The van der Waals surface area contributed by atoms with Crippen LogP contribution in [0.25, 0.3) is 0 Å². The van der Waals surface area contributed by atoms with E-state index in [1.807, 2.05) is 20.9 Å². The number of hydrogen-bond donors (Lipinski definition) is 0. The first-order chi connectivity index (χ1) is 6.06. The van der Waals surface area contributed by atoms with Gasteiger partial charge in [-0.3, -0.25) is 9.48 Å². The molecule has 0 saturated carbocycles. The van der Waals surface area contributed by atoms with Crippen LogP contribution in [-0.2, 0) is 23.0 Å². The molecule has 0 bridgehead atoms. The molecule has 0 saturated heterocycles. The summed E-state index contributed by atoms with van der Waals surface area (Å²) in [5.74, 6) is -0.249. The standard InChI is InChI=1S/C9H14N2O2/c1-6-7(2)11(3)10-8(6)5-9(12)13-4/h5H2,1-4H3. The molecule has 1 aromatic rings. The van der Waals surface area contributed by atoms with E-state index in [-0.39, 0.29) is 12.4 Å². The van der Waals surface area contributed by atoms with Gasteiger partial charge < -0.3 is 4.74 Å². The molecule has 1 heterocycles. The smallest absolute Gasteiger partial charge is 0.311 e. The summed E-state index contributed by atoms with van der Waals surface area (Å²) in [6, 6.07) is 0. The van der Waals surface area contributed by atoms with Gasteiger partial charge in [0, 0.05) is 12.7 Å². The van der Waals surface area contributed by atoms with Crippen molar-refractivity contribution < 1.29 is 9.53 Å². The topological polar surface area (TPSA) is 44.1 Å². The molecular formula is C9H14N2O2. The van der Waals surface area contributed by atoms with E-state index in [1.54, 1.807) is 4.68 Å². The Hall–Kier alpha value is -1.32. The fourth-order valence-electron chi connectivity index (χ4n) is 1.16. The van der Waals surface area contributed by atoms with E-state index >= 15 is 0 Å². The molecular weight excluding hydrogens is 168 g/mol. The van der Waals surface area contributed by atoms with Crippen molar-refractivity contribution in [1.29, 1.82) is 0 Å². The molecule has 72 valence electrons. The van der Waals surface area contributed by atoms with Gasteiger partial charge in [0.25, 0.3) is 0 Å². The van der Waals surface area contributed by atoms with Crippen LogP contribution in [0.3, 0.4) is 0 Å². The Balaban J connectivity index is 2.90. The predicted molar refractivity (Wildman–Crippen MR) is 48.4 cm³/mol. The summed E-state index contributed by atoms with van der Waals surface area (Å²) >= 11 is 0. The van der Waals surface area contributed by atoms with Gasteiger partial charge in [-0.25, -0.2) is 0 Å². The summed E-state index contributed by atoms with van der Waals surface area (Å²) in [4.78, 5) is 11.0. The van der Waals surface area contributed by atoms with Crippen molar-refractivity contribution in [3.05, 3.63) is 17.0 Å². The van der Waals surface area contributed by atoms with Crippen LogP contribution in [0.4, 0.5) is 0 Å². The number of esters is 1. The highest BCUT2D eigenvalue weighted by Gasteiger charge is 2.12. The highest BCUT2D eigenvalue weighted by molar-refractivity contribution is 5.72. The molecule has 0 aliphatic heterocycles. The molecule has 4 heteroatoms. The van der Waals surface area contributed by atoms with Gasteiger partial charge in [-0.05, 0) is 19.4 Å². The number of ether oxygens (including phenoxy) is 1. The SMILES string of the molecule is COC(=O)Cc1nn(C)c(C)c1C. The monoisotopic (exact) mass is 182 g/mol. The average Bonchev–Trinajstić information content (AvgIpc) is 2.34. The first kappa shape index (κ1) is 9.77. The Morgan fingerprint density at radius 2 is 2.15 bits per heavy atom. The van der Waals surface area contributed by atoms with E-state index < -0.39 is 0 Å². The molecule has 0 fully saturated rings. The number of methoxy groups -OCH3 is 1. The van der Waals surface area contributed by atoms with Gasteiger partial charge in [-0.15, -0.1) is 0 Å². The number of carbonyl (C=O) groups excluding carboxylic acids is 1. The van der Waals surface area contributed by atoms with Crippen molar-refractivity contribution >= 4 is 5.97 Å². The maximum absolute atomic E-state index is 11.0. The van der Waals surface area contributed by atoms with Crippen LogP contribution in [-0.4, -0.2) is 22.9 Å². The van der Waals surface area contributed by atoms with Crippen LogP contribution in [0.5, 0.6) is 0 Å². The molecule has 0 aromatic carbocycles. The molecule has 0 aliphatic carbocycles. The van der Waals surface area contributed by atoms with Gasteiger partial charge >= 0.3 is 5.97 Å². The summed E-state index contributed by atoms with van der Waals surface area (Å²) in [6.45, 7) is 3.93. The minimum absolute atomic E-state index is 0.249. The molecule has 0 radical (unpaired) electrons. The van der Waals surface area contributed by atoms with Crippen molar-refractivity contribution in [1.82, 2.24) is 9.78 Å². The van der Waals surface area contributed by atoms with Gasteiger partial charge in [-0.2, -0.15) is 5.10 Å². The van der Waals surface area contributed by atoms with Gasteiger partial charge in [0.15, 0.2) is 0 Å². The number of rotatable bonds is 2. The van der Waals surface area contributed by atoms with Gasteiger partial charge in [0.1, 0.15) is 0 Å². The normalized spacial score (nSPS) is 10.2. The third kappa shape index (κ3) is 1.88. The average molecular weight is 182 g/mol. The van der Waals surface area contributed by atoms with E-state index in [0.29, 0.717) is 0 Å². The highest BCUT2D eigenvalue weighted by Crippen LogP contribution is 2.11. The van der Waals surface area contributed by atoms with Crippen LogP contribution >= 0.6 is 0 Å². The summed E-state index contributed by atoms with van der Waals surface area (Å²) in [6.07, 6.45) is 0.254. The summed E-state index contributed by atoms with van der Waals surface area (Å²) in [7, 11) is 3.25. The second kappa shape index (κ2) is 3.60. The third-order valence-electron chi connectivity index (χ3n) is 2.27. The van der Waals surface area contributed by atoms with Gasteiger partial charge in [0.05, 0.1) is 19.2 Å². The van der Waals surface area contributed by atoms with Crippen LogP contribution in [0.1, 0.15) is 17.0 Å². The second-order valence-electron chi connectivity index (χ2n) is 3.03. The Morgan fingerprint density at radius 1 is 1.54 bits per heavy atom. The van der Waals surface area contributed by atoms with Crippen molar-refractivity contribution in [2.45, 2.75) is 20.3 Å². The summed E-state index contributed by atoms with van der Waals surface area (Å²) < 4.78 is 6.34. The number of aromatic nitrogens is 2. The van der Waals surface area contributed by atoms with Crippen LogP contribution in [0.2, 0.25) is 0 Å². The van der Waals surface area contributed by atoms with Crippen LogP contribution in [0.15, 0.2) is 0 Å². The Kier molecular flexibility index (Phi) is 2.70. The van der Waals surface area contributed by atoms with Gasteiger partial charge in [-0.1, -0.05) is 0 Å². The molecule has 4 nitrogen and oxygen atoms in total. The van der Waals surface area contributed by atoms with E-state index in [4.69, 9.17) is 0 Å². The lowest BCUT2D eigenvalue weighted by Gasteiger charge is -1.96. The molecule has 0 amide bonds. The Morgan fingerprint density at radius 3 is 2.54 bits per heavy atom. The highest BCUT2D eigenvalue weighted by atomic mass is 16.5. The lowest BCUT2D eigenvalue weighted by atomic mass is 10.2. The molecule has 0 aliphatic rings. The Labute approximate surface area is 77.5 Å². The fourth-order valence-corrected chi connectivity index (χ4v) is 1.16. The lowest BCUT2D eigenvalue weighted by Crippen LogP contribution is -2.06. The summed E-state index contributed by atoms with van der Waals surface area (Å²) in [5, 5.41) is 4.21. The second-order valence-corrected chi connectivity index (χ2v) is 3.03. The molecule has 0 N–H and O–H groups in total. The van der Waals surface area contributed by atoms with Crippen molar-refractivity contribution in [3.8, 4) is 0 Å². The minimum atomic E-state index is -0.249. The predicted octanol–water partition coefficient (Wildman–Crippen LogP) is 0.752. The van der Waals surface area contributed by atoms with Crippen molar-refractivity contribution in [2.24, 2.45) is 7.05 Å². The van der Waals surface area contributed by atoms with E-state index in [9.17, 15) is 4.79 Å². The van der Waals surface area contributed by atoms with Crippen molar-refractivity contribution in [3.63, 3.8) is 0 Å². The number of hydrogen-bond acceptors (Lipinski definition) is 3. The van der Waals surface area contributed by atoms with Crippen molar-refractivity contribution in [2.75, 3.05) is 7.11 Å². The third-order valence-corrected chi connectivity index (χ3v) is 2.27. The number of aryl methyl sites for hydroxylation is 1. The first-order valence-corrected chi connectivity index (χ1v) is 4.12. The molecule has 0 unspecified atom stereocenters. The lowest BCUT2D eigenvalue weighted by molar-refractivity contribution is -0.139. The minimum Gasteiger partial charge on any atom is -0.469 e. The van der Waals surface area contributed by atoms with E-state index in [0.717, 1.165) is 17.0 Å². The summed E-state index contributed by atoms with van der Waals surface area (Å²) in [5.41, 5.74) is 2.94. The van der Waals surface area contributed by atoms with E-state index in [2.05, 4.69) is 9.84 Å². The molecule has 1 aromatic heterocycles. The maximum atomic E-state index is 11.0. The molecule has 1 rings (SSSR count). The zero-order valence-corrected chi connectivity index (χ0v) is 8.42. The molecule has 13 heavy (non-hydrogen) atoms. The quantitative estimate of drug-likeness (QED) is 0.634. The maximum Gasteiger partial charge on any atom is 0.311 e. The number of carbonyl (C=O) groups is 1.